The van der Waals surface area contributed by atoms with Crippen molar-refractivity contribution in [3.63, 3.8) is 0 Å². The van der Waals surface area contributed by atoms with Gasteiger partial charge < -0.3 is 10.3 Å². The van der Waals surface area contributed by atoms with Crippen molar-refractivity contribution in [2.24, 2.45) is 12.8 Å². The van der Waals surface area contributed by atoms with Crippen molar-refractivity contribution < 1.29 is 0 Å². The zero-order valence-corrected chi connectivity index (χ0v) is 11.0. The van der Waals surface area contributed by atoms with Gasteiger partial charge in [-0.1, -0.05) is 42.5 Å². The smallest absolute Gasteiger partial charge is 0.118 e. The van der Waals surface area contributed by atoms with Crippen molar-refractivity contribution in [3.05, 3.63) is 66.0 Å². The standard InChI is InChI=1S/C16H17N3/c1-19-15-10-6-5-9-14(15)18-16(19)13(11-17)12-7-3-2-4-8-12/h2-10,13H,11,17H2,1H3. The van der Waals surface area contributed by atoms with E-state index in [0.717, 1.165) is 16.9 Å². The van der Waals surface area contributed by atoms with E-state index in [2.05, 4.69) is 29.8 Å². The zero-order valence-electron chi connectivity index (χ0n) is 11.0. The predicted molar refractivity (Wildman–Crippen MR) is 78.1 cm³/mol. The highest BCUT2D eigenvalue weighted by atomic mass is 15.1. The first-order valence-corrected chi connectivity index (χ1v) is 6.47. The van der Waals surface area contributed by atoms with Crippen LogP contribution in [0.4, 0.5) is 0 Å². The molecule has 0 aliphatic rings. The van der Waals surface area contributed by atoms with Crippen molar-refractivity contribution >= 4 is 11.0 Å². The average molecular weight is 251 g/mol. The Morgan fingerprint density at radius 1 is 1.05 bits per heavy atom. The number of benzene rings is 2. The first kappa shape index (κ1) is 11.9. The van der Waals surface area contributed by atoms with Gasteiger partial charge in [-0.25, -0.2) is 4.98 Å². The van der Waals surface area contributed by atoms with Crippen LogP contribution in [0.1, 0.15) is 17.3 Å². The molecule has 3 nitrogen and oxygen atoms in total. The molecule has 1 aromatic heterocycles. The van der Waals surface area contributed by atoms with E-state index in [1.54, 1.807) is 0 Å². The third kappa shape index (κ3) is 2.02. The van der Waals surface area contributed by atoms with Gasteiger partial charge in [0.1, 0.15) is 5.82 Å². The maximum absolute atomic E-state index is 5.97. The molecule has 3 aromatic rings. The van der Waals surface area contributed by atoms with Crippen LogP contribution < -0.4 is 5.73 Å². The topological polar surface area (TPSA) is 43.8 Å². The average Bonchev–Trinajstić information content (AvgIpc) is 2.79. The second-order valence-corrected chi connectivity index (χ2v) is 4.72. The highest BCUT2D eigenvalue weighted by Gasteiger charge is 2.18. The van der Waals surface area contributed by atoms with Gasteiger partial charge in [0.15, 0.2) is 0 Å². The number of aryl methyl sites for hydroxylation is 1. The molecule has 2 N–H and O–H groups in total. The predicted octanol–water partition coefficient (Wildman–Crippen LogP) is 2.66. The van der Waals surface area contributed by atoms with Gasteiger partial charge in [-0.15, -0.1) is 0 Å². The van der Waals surface area contributed by atoms with Gasteiger partial charge >= 0.3 is 0 Å². The zero-order chi connectivity index (χ0) is 13.2. The fourth-order valence-electron chi connectivity index (χ4n) is 2.55. The molecule has 0 bridgehead atoms. The SMILES string of the molecule is Cn1c(C(CN)c2ccccc2)nc2ccccc21. The Morgan fingerprint density at radius 3 is 2.42 bits per heavy atom. The Labute approximate surface area is 112 Å². The third-order valence-corrected chi connectivity index (χ3v) is 3.57. The van der Waals surface area contributed by atoms with Crippen LogP contribution in [0.3, 0.4) is 0 Å². The maximum atomic E-state index is 5.97. The summed E-state index contributed by atoms with van der Waals surface area (Å²) < 4.78 is 2.14. The van der Waals surface area contributed by atoms with E-state index < -0.39 is 0 Å². The second-order valence-electron chi connectivity index (χ2n) is 4.72. The van der Waals surface area contributed by atoms with Crippen molar-refractivity contribution in [2.45, 2.75) is 5.92 Å². The van der Waals surface area contributed by atoms with Gasteiger partial charge in [-0.3, -0.25) is 0 Å². The molecular formula is C16H17N3. The summed E-state index contributed by atoms with van der Waals surface area (Å²) in [5, 5.41) is 0. The number of imidazole rings is 1. The van der Waals surface area contributed by atoms with E-state index in [1.165, 1.54) is 5.56 Å². The molecule has 0 saturated heterocycles. The molecule has 2 aromatic carbocycles. The number of rotatable bonds is 3. The fraction of sp³-hybridized carbons (Fsp3) is 0.188. The molecular weight excluding hydrogens is 234 g/mol. The molecule has 0 radical (unpaired) electrons. The van der Waals surface area contributed by atoms with Crippen molar-refractivity contribution in [3.8, 4) is 0 Å². The number of aromatic nitrogens is 2. The van der Waals surface area contributed by atoms with Crippen LogP contribution in [0.15, 0.2) is 54.6 Å². The maximum Gasteiger partial charge on any atom is 0.118 e. The second kappa shape index (κ2) is 4.86. The lowest BCUT2D eigenvalue weighted by atomic mass is 9.98. The highest BCUT2D eigenvalue weighted by molar-refractivity contribution is 5.76. The first-order valence-electron chi connectivity index (χ1n) is 6.47. The van der Waals surface area contributed by atoms with Crippen LogP contribution in [-0.2, 0) is 7.05 Å². The summed E-state index contributed by atoms with van der Waals surface area (Å²) in [6.07, 6.45) is 0. The van der Waals surface area contributed by atoms with E-state index in [1.807, 2.05) is 36.4 Å². The molecule has 96 valence electrons. The lowest BCUT2D eigenvalue weighted by Crippen LogP contribution is -2.17. The number of nitrogens with zero attached hydrogens (tertiary/aromatic N) is 2. The van der Waals surface area contributed by atoms with Gasteiger partial charge in [0.25, 0.3) is 0 Å². The Hall–Kier alpha value is -2.13. The molecule has 1 heterocycles. The van der Waals surface area contributed by atoms with Crippen LogP contribution in [0.2, 0.25) is 0 Å². The minimum absolute atomic E-state index is 0.138. The summed E-state index contributed by atoms with van der Waals surface area (Å²) in [5.41, 5.74) is 9.35. The van der Waals surface area contributed by atoms with E-state index >= 15 is 0 Å². The molecule has 3 rings (SSSR count). The van der Waals surface area contributed by atoms with Gasteiger partial charge in [0, 0.05) is 13.6 Å². The number of fused-ring (bicyclic) bond motifs is 1. The monoisotopic (exact) mass is 251 g/mol. The molecule has 1 atom stereocenters. The van der Waals surface area contributed by atoms with Crippen LogP contribution in [0, 0.1) is 0 Å². The highest BCUT2D eigenvalue weighted by Crippen LogP contribution is 2.25. The summed E-state index contributed by atoms with van der Waals surface area (Å²) in [6.45, 7) is 0.557. The normalized spacial score (nSPS) is 12.7. The minimum atomic E-state index is 0.138. The summed E-state index contributed by atoms with van der Waals surface area (Å²) in [6, 6.07) is 18.5. The number of nitrogens with two attached hydrogens (primary N) is 1. The molecule has 0 fully saturated rings. The number of hydrogen-bond donors (Lipinski definition) is 1. The van der Waals surface area contributed by atoms with E-state index in [4.69, 9.17) is 10.7 Å². The van der Waals surface area contributed by atoms with Gasteiger partial charge in [-0.05, 0) is 17.7 Å². The Bertz CT molecular complexity index is 686. The lowest BCUT2D eigenvalue weighted by molar-refractivity contribution is 0.708. The Morgan fingerprint density at radius 2 is 1.74 bits per heavy atom. The van der Waals surface area contributed by atoms with Crippen LogP contribution in [-0.4, -0.2) is 16.1 Å². The molecule has 0 saturated carbocycles. The fourth-order valence-corrected chi connectivity index (χ4v) is 2.55. The molecule has 19 heavy (non-hydrogen) atoms. The van der Waals surface area contributed by atoms with Gasteiger partial charge in [-0.2, -0.15) is 0 Å². The Balaban J connectivity index is 2.14. The van der Waals surface area contributed by atoms with Crippen LogP contribution in [0.25, 0.3) is 11.0 Å². The summed E-state index contributed by atoms with van der Waals surface area (Å²) in [4.78, 5) is 4.74. The van der Waals surface area contributed by atoms with E-state index in [0.29, 0.717) is 6.54 Å². The number of para-hydroxylation sites is 2. The van der Waals surface area contributed by atoms with Crippen molar-refractivity contribution in [2.75, 3.05) is 6.54 Å². The molecule has 0 spiro atoms. The van der Waals surface area contributed by atoms with Gasteiger partial charge in [0.2, 0.25) is 0 Å². The quantitative estimate of drug-likeness (QED) is 0.777. The summed E-state index contributed by atoms with van der Waals surface area (Å²) in [5.74, 6) is 1.16. The van der Waals surface area contributed by atoms with Crippen LogP contribution in [0.5, 0.6) is 0 Å². The largest absolute Gasteiger partial charge is 0.331 e. The lowest BCUT2D eigenvalue weighted by Gasteiger charge is -2.15. The molecule has 3 heteroatoms. The van der Waals surface area contributed by atoms with E-state index in [-0.39, 0.29) is 5.92 Å². The summed E-state index contributed by atoms with van der Waals surface area (Å²) in [7, 11) is 2.05. The molecule has 0 aliphatic heterocycles. The van der Waals surface area contributed by atoms with Crippen molar-refractivity contribution in [1.29, 1.82) is 0 Å². The minimum Gasteiger partial charge on any atom is -0.331 e. The summed E-state index contributed by atoms with van der Waals surface area (Å²) >= 11 is 0. The molecule has 0 amide bonds. The number of hydrogen-bond acceptors (Lipinski definition) is 2. The van der Waals surface area contributed by atoms with E-state index in [9.17, 15) is 0 Å². The third-order valence-electron chi connectivity index (χ3n) is 3.57. The molecule has 0 aliphatic carbocycles. The Kier molecular flexibility index (Phi) is 3.05. The van der Waals surface area contributed by atoms with Crippen molar-refractivity contribution in [1.82, 2.24) is 9.55 Å². The van der Waals surface area contributed by atoms with Gasteiger partial charge in [0.05, 0.1) is 17.0 Å². The van der Waals surface area contributed by atoms with Crippen LogP contribution >= 0.6 is 0 Å². The first-order chi connectivity index (χ1) is 9.31. The molecule has 1 unspecified atom stereocenters.